The average molecular weight is 356 g/mol. The molecule has 0 aromatic heterocycles. The minimum Gasteiger partial charge on any atom is -0.490 e. The zero-order valence-corrected chi connectivity index (χ0v) is 16.6. The fourth-order valence-corrected chi connectivity index (χ4v) is 3.98. The van der Waals surface area contributed by atoms with Crippen LogP contribution in [0, 0.1) is 11.3 Å². The average Bonchev–Trinajstić information content (AvgIpc) is 2.61. The Bertz CT molecular complexity index is 752. The van der Waals surface area contributed by atoms with Crippen molar-refractivity contribution in [3.63, 3.8) is 0 Å². The molecule has 0 aliphatic heterocycles. The van der Waals surface area contributed by atoms with E-state index < -0.39 is 5.54 Å². The van der Waals surface area contributed by atoms with Gasteiger partial charge in [-0.1, -0.05) is 39.0 Å². The van der Waals surface area contributed by atoms with E-state index in [-0.39, 0.29) is 6.61 Å². The lowest BCUT2D eigenvalue weighted by molar-refractivity contribution is 0.0883. The van der Waals surface area contributed by atoms with Crippen LogP contribution in [0.15, 0.2) is 36.4 Å². The van der Waals surface area contributed by atoms with E-state index in [2.05, 4.69) is 51.1 Å². The lowest BCUT2D eigenvalue weighted by Crippen LogP contribution is -2.36. The first-order chi connectivity index (χ1) is 12.2. The molecule has 2 aromatic carbocycles. The number of aliphatic hydroxyl groups is 1. The van der Waals surface area contributed by atoms with Gasteiger partial charge in [0.15, 0.2) is 0 Å². The van der Waals surface area contributed by atoms with E-state index in [1.807, 2.05) is 13.0 Å². The number of rotatable bonds is 4. The van der Waals surface area contributed by atoms with Crippen molar-refractivity contribution in [3.05, 3.63) is 42.0 Å². The zero-order valence-electron chi connectivity index (χ0n) is 16.6. The lowest BCUT2D eigenvalue weighted by Gasteiger charge is -2.37. The van der Waals surface area contributed by atoms with Gasteiger partial charge >= 0.3 is 0 Å². The van der Waals surface area contributed by atoms with Crippen molar-refractivity contribution in [2.75, 3.05) is 6.61 Å². The van der Waals surface area contributed by atoms with Crippen LogP contribution in [0.3, 0.4) is 0 Å². The van der Waals surface area contributed by atoms with E-state index in [9.17, 15) is 5.11 Å². The van der Waals surface area contributed by atoms with Crippen molar-refractivity contribution in [3.8, 4) is 5.75 Å². The number of ether oxygens (including phenoxy) is 1. The number of benzene rings is 2. The summed E-state index contributed by atoms with van der Waals surface area (Å²) >= 11 is 0. The van der Waals surface area contributed by atoms with E-state index in [0.717, 1.165) is 40.8 Å². The molecule has 0 radical (unpaired) electrons. The van der Waals surface area contributed by atoms with Crippen molar-refractivity contribution in [1.29, 1.82) is 0 Å². The molecule has 26 heavy (non-hydrogen) atoms. The summed E-state index contributed by atoms with van der Waals surface area (Å²) in [6.45, 7) is 8.81. The van der Waals surface area contributed by atoms with Crippen molar-refractivity contribution >= 4 is 10.8 Å². The molecule has 2 aromatic rings. The SMILES string of the molecule is CC(C)(C)[C@H]1CC[C@@H](Oc2ccc3cc([C@@](C)(N)CO)ccc3c2)CC1. The Hall–Kier alpha value is -1.58. The summed E-state index contributed by atoms with van der Waals surface area (Å²) in [7, 11) is 0. The van der Waals surface area contributed by atoms with Crippen molar-refractivity contribution < 1.29 is 9.84 Å². The molecule has 1 saturated carbocycles. The molecular formula is C23H33NO2. The predicted molar refractivity (Wildman–Crippen MR) is 108 cm³/mol. The van der Waals surface area contributed by atoms with Crippen LogP contribution in [-0.2, 0) is 5.54 Å². The lowest BCUT2D eigenvalue weighted by atomic mass is 9.72. The van der Waals surface area contributed by atoms with Crippen LogP contribution in [0.5, 0.6) is 5.75 Å². The first kappa shape index (κ1) is 19.2. The van der Waals surface area contributed by atoms with Crippen LogP contribution in [0.1, 0.15) is 58.9 Å². The third kappa shape index (κ3) is 4.21. The smallest absolute Gasteiger partial charge is 0.120 e. The summed E-state index contributed by atoms with van der Waals surface area (Å²) in [5.41, 5.74) is 6.78. The van der Waals surface area contributed by atoms with Gasteiger partial charge in [-0.05, 0) is 78.5 Å². The van der Waals surface area contributed by atoms with E-state index in [1.54, 1.807) is 0 Å². The van der Waals surface area contributed by atoms with Crippen molar-refractivity contribution in [2.24, 2.45) is 17.1 Å². The Morgan fingerprint density at radius 3 is 2.19 bits per heavy atom. The second-order valence-corrected chi connectivity index (χ2v) is 9.26. The molecule has 0 spiro atoms. The number of fused-ring (bicyclic) bond motifs is 1. The van der Waals surface area contributed by atoms with Gasteiger partial charge in [0.1, 0.15) is 5.75 Å². The van der Waals surface area contributed by atoms with Crippen LogP contribution >= 0.6 is 0 Å². The highest BCUT2D eigenvalue weighted by atomic mass is 16.5. The van der Waals surface area contributed by atoms with E-state index in [0.29, 0.717) is 11.5 Å². The summed E-state index contributed by atoms with van der Waals surface area (Å²) in [5.74, 6) is 1.75. The largest absolute Gasteiger partial charge is 0.490 e. The maximum atomic E-state index is 9.47. The molecule has 0 bridgehead atoms. The predicted octanol–water partition coefficient (Wildman–Crippen LogP) is 4.99. The van der Waals surface area contributed by atoms with Gasteiger partial charge < -0.3 is 15.6 Å². The Morgan fingerprint density at radius 2 is 1.58 bits per heavy atom. The molecule has 0 saturated heterocycles. The monoisotopic (exact) mass is 355 g/mol. The quantitative estimate of drug-likeness (QED) is 0.812. The molecule has 1 atom stereocenters. The molecule has 3 rings (SSSR count). The standard InChI is InChI=1S/C23H33NO2/c1-22(2,3)18-8-11-20(12-9-18)26-21-10-6-16-13-19(23(4,24)15-25)7-5-17(16)14-21/h5-7,10,13-14,18,20,25H,8-9,11-12,15,24H2,1-4H3/t18-,20+,23-/m0/s1. The highest BCUT2D eigenvalue weighted by Crippen LogP contribution is 2.39. The minimum atomic E-state index is -0.713. The highest BCUT2D eigenvalue weighted by molar-refractivity contribution is 5.84. The second-order valence-electron chi connectivity index (χ2n) is 9.26. The van der Waals surface area contributed by atoms with Gasteiger partial charge in [-0.3, -0.25) is 0 Å². The van der Waals surface area contributed by atoms with Crippen molar-refractivity contribution in [1.82, 2.24) is 0 Å². The zero-order chi connectivity index (χ0) is 18.9. The molecule has 1 aliphatic rings. The minimum absolute atomic E-state index is 0.0725. The first-order valence-corrected chi connectivity index (χ1v) is 9.80. The molecule has 0 heterocycles. The van der Waals surface area contributed by atoms with Gasteiger partial charge in [0.2, 0.25) is 0 Å². The number of nitrogens with two attached hydrogens (primary N) is 1. The maximum absolute atomic E-state index is 9.47. The summed E-state index contributed by atoms with van der Waals surface area (Å²) in [6.07, 6.45) is 5.11. The van der Waals surface area contributed by atoms with Gasteiger partial charge in [0, 0.05) is 0 Å². The topological polar surface area (TPSA) is 55.5 Å². The Balaban J connectivity index is 1.69. The van der Waals surface area contributed by atoms with Crippen LogP contribution in [0.25, 0.3) is 10.8 Å². The number of hydrogen-bond donors (Lipinski definition) is 2. The normalized spacial score (nSPS) is 23.6. The fraction of sp³-hybridized carbons (Fsp3) is 0.565. The van der Waals surface area contributed by atoms with Crippen molar-refractivity contribution in [2.45, 2.75) is 65.0 Å². The number of hydrogen-bond acceptors (Lipinski definition) is 3. The molecular weight excluding hydrogens is 322 g/mol. The third-order valence-electron chi connectivity index (χ3n) is 6.00. The molecule has 142 valence electrons. The molecule has 3 N–H and O–H groups in total. The van der Waals surface area contributed by atoms with Crippen LogP contribution in [0.4, 0.5) is 0 Å². The Labute approximate surface area is 157 Å². The Morgan fingerprint density at radius 1 is 0.962 bits per heavy atom. The molecule has 1 fully saturated rings. The Kier molecular flexibility index (Phi) is 5.32. The van der Waals surface area contributed by atoms with Gasteiger partial charge in [0.05, 0.1) is 18.2 Å². The molecule has 3 nitrogen and oxygen atoms in total. The molecule has 0 amide bonds. The fourth-order valence-electron chi connectivity index (χ4n) is 3.98. The van der Waals surface area contributed by atoms with Gasteiger partial charge in [0.25, 0.3) is 0 Å². The molecule has 3 heteroatoms. The summed E-state index contributed by atoms with van der Waals surface area (Å²) in [5, 5.41) is 11.7. The summed E-state index contributed by atoms with van der Waals surface area (Å²) < 4.78 is 6.28. The van der Waals surface area contributed by atoms with E-state index >= 15 is 0 Å². The van der Waals surface area contributed by atoms with Crippen LogP contribution < -0.4 is 10.5 Å². The van der Waals surface area contributed by atoms with Gasteiger partial charge in [-0.25, -0.2) is 0 Å². The molecule has 1 aliphatic carbocycles. The highest BCUT2D eigenvalue weighted by Gasteiger charge is 2.30. The van der Waals surface area contributed by atoms with Gasteiger partial charge in [-0.15, -0.1) is 0 Å². The van der Waals surface area contributed by atoms with Crippen LogP contribution in [0.2, 0.25) is 0 Å². The maximum Gasteiger partial charge on any atom is 0.120 e. The third-order valence-corrected chi connectivity index (χ3v) is 6.00. The number of aliphatic hydroxyl groups excluding tert-OH is 1. The van der Waals surface area contributed by atoms with Gasteiger partial charge in [-0.2, -0.15) is 0 Å². The van der Waals surface area contributed by atoms with Crippen LogP contribution in [-0.4, -0.2) is 17.8 Å². The summed E-state index contributed by atoms with van der Waals surface area (Å²) in [6, 6.07) is 12.4. The first-order valence-electron chi connectivity index (χ1n) is 9.80. The second kappa shape index (κ2) is 7.21. The molecule has 0 unspecified atom stereocenters. The van der Waals surface area contributed by atoms with E-state index in [1.165, 1.54) is 12.8 Å². The van der Waals surface area contributed by atoms with E-state index in [4.69, 9.17) is 10.5 Å². The summed E-state index contributed by atoms with van der Waals surface area (Å²) in [4.78, 5) is 0.